The fraction of sp³-hybridized carbons (Fsp3) is 0.133. The summed E-state index contributed by atoms with van der Waals surface area (Å²) in [5, 5.41) is 9.58. The Hall–Kier alpha value is -1.82. The first-order chi connectivity index (χ1) is 11.1. The summed E-state index contributed by atoms with van der Waals surface area (Å²) in [5.41, 5.74) is 1.22. The Balaban J connectivity index is 2.08. The highest BCUT2D eigenvalue weighted by molar-refractivity contribution is 6.39. The lowest BCUT2D eigenvalue weighted by Gasteiger charge is -2.07. The predicted molar refractivity (Wildman–Crippen MR) is 94.9 cm³/mol. The van der Waals surface area contributed by atoms with Gasteiger partial charge in [-0.15, -0.1) is 6.58 Å². The van der Waals surface area contributed by atoms with Gasteiger partial charge in [-0.2, -0.15) is 10.1 Å². The Morgan fingerprint density at radius 2 is 1.96 bits per heavy atom. The summed E-state index contributed by atoms with van der Waals surface area (Å²) >= 11 is 18.3. The van der Waals surface area contributed by atoms with Crippen LogP contribution >= 0.6 is 34.8 Å². The lowest BCUT2D eigenvalue weighted by molar-refractivity contribution is 0.642. The van der Waals surface area contributed by atoms with Gasteiger partial charge < -0.3 is 5.32 Å². The summed E-state index contributed by atoms with van der Waals surface area (Å²) in [6.45, 7) is 4.35. The van der Waals surface area contributed by atoms with E-state index in [2.05, 4.69) is 27.0 Å². The minimum Gasteiger partial charge on any atom is -0.336 e. The van der Waals surface area contributed by atoms with Gasteiger partial charge in [0.25, 0.3) is 0 Å². The first kappa shape index (κ1) is 16.1. The van der Waals surface area contributed by atoms with Crippen LogP contribution < -0.4 is 5.32 Å². The van der Waals surface area contributed by atoms with Gasteiger partial charge in [-0.05, 0) is 30.2 Å². The Bertz CT molecular complexity index is 855. The van der Waals surface area contributed by atoms with Crippen LogP contribution in [0.1, 0.15) is 6.42 Å². The molecule has 3 aromatic rings. The molecule has 0 aliphatic carbocycles. The van der Waals surface area contributed by atoms with E-state index in [1.165, 1.54) is 0 Å². The average Bonchev–Trinajstić information content (AvgIpc) is 2.86. The maximum absolute atomic E-state index is 6.20. The number of halogens is 3. The van der Waals surface area contributed by atoms with E-state index in [0.717, 1.165) is 11.8 Å². The van der Waals surface area contributed by atoms with Crippen LogP contribution in [0.4, 0.5) is 11.5 Å². The van der Waals surface area contributed by atoms with Crippen LogP contribution in [0, 0.1) is 0 Å². The molecule has 0 radical (unpaired) electrons. The molecule has 0 unspecified atom stereocenters. The third kappa shape index (κ3) is 3.27. The number of hydrogen-bond donors (Lipinski definition) is 1. The summed E-state index contributed by atoms with van der Waals surface area (Å²) in [5.74, 6) is 0.565. The highest BCUT2D eigenvalue weighted by atomic mass is 35.5. The van der Waals surface area contributed by atoms with Gasteiger partial charge >= 0.3 is 0 Å². The van der Waals surface area contributed by atoms with Crippen LogP contribution in [0.2, 0.25) is 15.3 Å². The lowest BCUT2D eigenvalue weighted by atomic mass is 10.3. The topological polar surface area (TPSA) is 55.6 Å². The number of nitrogens with zero attached hydrogens (tertiary/aromatic N) is 4. The maximum Gasteiger partial charge on any atom is 0.224 e. The van der Waals surface area contributed by atoms with Gasteiger partial charge in [0.15, 0.2) is 11.5 Å². The Labute approximate surface area is 147 Å². The van der Waals surface area contributed by atoms with E-state index < -0.39 is 0 Å². The zero-order valence-corrected chi connectivity index (χ0v) is 14.2. The molecule has 0 saturated carbocycles. The second-order valence-corrected chi connectivity index (χ2v) is 5.90. The SMILES string of the molecule is C=CCCn1nc(Nc2c(Cl)cccc2Cl)c2cnc(Cl)nc21. The zero-order chi connectivity index (χ0) is 16.4. The summed E-state index contributed by atoms with van der Waals surface area (Å²) < 4.78 is 1.75. The Morgan fingerprint density at radius 3 is 2.65 bits per heavy atom. The molecule has 0 saturated heterocycles. The maximum atomic E-state index is 6.20. The van der Waals surface area contributed by atoms with Crippen molar-refractivity contribution in [2.75, 3.05) is 5.32 Å². The van der Waals surface area contributed by atoms with Crippen molar-refractivity contribution >= 4 is 57.3 Å². The summed E-state index contributed by atoms with van der Waals surface area (Å²) in [6, 6.07) is 5.28. The van der Waals surface area contributed by atoms with E-state index in [4.69, 9.17) is 34.8 Å². The molecular weight excluding hydrogens is 357 g/mol. The number of benzene rings is 1. The molecule has 0 amide bonds. The molecule has 1 N–H and O–H groups in total. The molecule has 5 nitrogen and oxygen atoms in total. The fourth-order valence-electron chi connectivity index (χ4n) is 2.14. The van der Waals surface area contributed by atoms with Crippen LogP contribution in [-0.2, 0) is 6.54 Å². The van der Waals surface area contributed by atoms with Crippen molar-refractivity contribution in [2.24, 2.45) is 0 Å². The van der Waals surface area contributed by atoms with Gasteiger partial charge in [-0.25, -0.2) is 9.67 Å². The van der Waals surface area contributed by atoms with Crippen LogP contribution in [0.3, 0.4) is 0 Å². The molecule has 0 aliphatic heterocycles. The van der Waals surface area contributed by atoms with Crippen molar-refractivity contribution in [3.63, 3.8) is 0 Å². The normalized spacial score (nSPS) is 10.9. The average molecular weight is 369 g/mol. The summed E-state index contributed by atoms with van der Waals surface area (Å²) in [6.07, 6.45) is 4.19. The van der Waals surface area contributed by atoms with Crippen molar-refractivity contribution in [1.29, 1.82) is 0 Å². The Morgan fingerprint density at radius 1 is 1.22 bits per heavy atom. The second kappa shape index (κ2) is 6.74. The van der Waals surface area contributed by atoms with E-state index in [1.54, 1.807) is 29.1 Å². The molecule has 2 heterocycles. The lowest BCUT2D eigenvalue weighted by Crippen LogP contribution is -2.01. The molecular formula is C15H12Cl3N5. The van der Waals surface area contributed by atoms with Gasteiger partial charge in [0, 0.05) is 12.7 Å². The van der Waals surface area contributed by atoms with Crippen molar-refractivity contribution in [2.45, 2.75) is 13.0 Å². The molecule has 23 heavy (non-hydrogen) atoms. The van der Waals surface area contributed by atoms with Crippen LogP contribution in [0.25, 0.3) is 11.0 Å². The van der Waals surface area contributed by atoms with Gasteiger partial charge in [0.2, 0.25) is 5.28 Å². The number of fused-ring (bicyclic) bond motifs is 1. The second-order valence-electron chi connectivity index (χ2n) is 4.75. The van der Waals surface area contributed by atoms with Crippen LogP contribution in [0.5, 0.6) is 0 Å². The number of anilines is 2. The predicted octanol–water partition coefficient (Wildman–Crippen LogP) is 5.11. The minimum atomic E-state index is 0.166. The number of hydrogen-bond acceptors (Lipinski definition) is 4. The first-order valence-corrected chi connectivity index (χ1v) is 7.94. The highest BCUT2D eigenvalue weighted by Crippen LogP contribution is 2.34. The van der Waals surface area contributed by atoms with E-state index >= 15 is 0 Å². The molecule has 118 valence electrons. The Kier molecular flexibility index (Phi) is 4.71. The van der Waals surface area contributed by atoms with E-state index in [1.807, 2.05) is 6.08 Å². The monoisotopic (exact) mass is 367 g/mol. The van der Waals surface area contributed by atoms with Gasteiger partial charge in [-0.3, -0.25) is 0 Å². The van der Waals surface area contributed by atoms with Crippen LogP contribution in [-0.4, -0.2) is 19.7 Å². The third-order valence-electron chi connectivity index (χ3n) is 3.21. The number of aromatic nitrogens is 4. The summed E-state index contributed by atoms with van der Waals surface area (Å²) in [4.78, 5) is 8.27. The first-order valence-electron chi connectivity index (χ1n) is 6.81. The largest absolute Gasteiger partial charge is 0.336 e. The van der Waals surface area contributed by atoms with Crippen molar-refractivity contribution in [1.82, 2.24) is 19.7 Å². The zero-order valence-electron chi connectivity index (χ0n) is 11.9. The van der Waals surface area contributed by atoms with Crippen LogP contribution in [0.15, 0.2) is 37.1 Å². The highest BCUT2D eigenvalue weighted by Gasteiger charge is 2.15. The number of rotatable bonds is 5. The third-order valence-corrected chi connectivity index (χ3v) is 4.02. The van der Waals surface area contributed by atoms with Crippen molar-refractivity contribution in [3.05, 3.63) is 52.4 Å². The molecule has 0 spiro atoms. The molecule has 3 rings (SSSR count). The number of allylic oxidation sites excluding steroid dienone is 1. The molecule has 0 aliphatic rings. The fourth-order valence-corrected chi connectivity index (χ4v) is 2.76. The molecule has 0 bridgehead atoms. The van der Waals surface area contributed by atoms with E-state index in [9.17, 15) is 0 Å². The molecule has 1 aromatic carbocycles. The van der Waals surface area contributed by atoms with Crippen molar-refractivity contribution in [3.8, 4) is 0 Å². The number of para-hydroxylation sites is 1. The summed E-state index contributed by atoms with van der Waals surface area (Å²) in [7, 11) is 0. The van der Waals surface area contributed by atoms with E-state index in [-0.39, 0.29) is 5.28 Å². The quantitative estimate of drug-likeness (QED) is 0.502. The standard InChI is InChI=1S/C15H12Cl3N5/c1-2-3-7-23-14-9(8-19-15(18)21-14)13(22-23)20-12-10(16)5-4-6-11(12)17/h2,4-6,8H,1,3,7H2,(H,20,22). The van der Waals surface area contributed by atoms with Gasteiger partial charge in [-0.1, -0.05) is 35.3 Å². The molecule has 0 atom stereocenters. The molecule has 8 heteroatoms. The molecule has 0 fully saturated rings. The number of nitrogens with one attached hydrogen (secondary N) is 1. The van der Waals surface area contributed by atoms with Gasteiger partial charge in [0.05, 0.1) is 21.1 Å². The minimum absolute atomic E-state index is 0.166. The smallest absolute Gasteiger partial charge is 0.224 e. The number of aryl methyl sites for hydroxylation is 1. The van der Waals surface area contributed by atoms with Crippen molar-refractivity contribution < 1.29 is 0 Å². The van der Waals surface area contributed by atoms with E-state index in [0.29, 0.717) is 33.7 Å². The van der Waals surface area contributed by atoms with Gasteiger partial charge in [0.1, 0.15) is 0 Å². The molecule has 2 aromatic heterocycles.